The number of carboxylic acid groups (broad SMARTS) is 1. The van der Waals surface area contributed by atoms with Crippen LogP contribution in [0.2, 0.25) is 0 Å². The van der Waals surface area contributed by atoms with Crippen LogP contribution < -0.4 is 0 Å². The van der Waals surface area contributed by atoms with Gasteiger partial charge in [0.1, 0.15) is 0 Å². The molecule has 2 rings (SSSR count). The van der Waals surface area contributed by atoms with Gasteiger partial charge < -0.3 is 14.4 Å². The average Bonchev–Trinajstić information content (AvgIpc) is 2.76. The molecular formula is C15H20N2O3S. The van der Waals surface area contributed by atoms with Gasteiger partial charge in [0.05, 0.1) is 23.4 Å². The Morgan fingerprint density at radius 1 is 1.52 bits per heavy atom. The number of nitrogens with zero attached hydrogens (tertiary/aromatic N) is 2. The van der Waals surface area contributed by atoms with Crippen molar-refractivity contribution in [2.45, 2.75) is 25.5 Å². The number of hydrogen-bond acceptors (Lipinski definition) is 4. The number of aliphatic carboxylic acids is 1. The second kappa shape index (κ2) is 6.95. The van der Waals surface area contributed by atoms with Crippen LogP contribution in [0.4, 0.5) is 0 Å². The van der Waals surface area contributed by atoms with Gasteiger partial charge in [-0.2, -0.15) is 0 Å². The lowest BCUT2D eigenvalue weighted by atomic mass is 10.2. The molecule has 114 valence electrons. The Kier molecular flexibility index (Phi) is 5.25. The van der Waals surface area contributed by atoms with Gasteiger partial charge in [-0.25, -0.2) is 4.98 Å². The maximum atomic E-state index is 10.8. The first-order chi connectivity index (χ1) is 10.0. The predicted molar refractivity (Wildman–Crippen MR) is 83.9 cm³/mol. The normalized spacial score (nSPS) is 12.7. The summed E-state index contributed by atoms with van der Waals surface area (Å²) in [6, 6.07) is 6.05. The lowest BCUT2D eigenvalue weighted by Gasteiger charge is -2.14. The third-order valence-electron chi connectivity index (χ3n) is 3.22. The summed E-state index contributed by atoms with van der Waals surface area (Å²) < 4.78 is 7.29. The number of benzene rings is 1. The second-order valence-electron chi connectivity index (χ2n) is 5.19. The molecule has 0 aliphatic heterocycles. The molecule has 5 nitrogen and oxygen atoms in total. The van der Waals surface area contributed by atoms with Gasteiger partial charge in [-0.05, 0) is 24.5 Å². The molecule has 1 aromatic carbocycles. The van der Waals surface area contributed by atoms with E-state index in [0.29, 0.717) is 12.5 Å². The summed E-state index contributed by atoms with van der Waals surface area (Å²) in [6.07, 6.45) is 0. The first-order valence-electron chi connectivity index (χ1n) is 6.82. The van der Waals surface area contributed by atoms with E-state index in [2.05, 4.69) is 16.5 Å². The Morgan fingerprint density at radius 2 is 2.29 bits per heavy atom. The number of methoxy groups -OCH3 is 1. The maximum Gasteiger partial charge on any atom is 0.313 e. The summed E-state index contributed by atoms with van der Waals surface area (Å²) in [5.41, 5.74) is 3.09. The van der Waals surface area contributed by atoms with Crippen LogP contribution in [0.1, 0.15) is 12.5 Å². The van der Waals surface area contributed by atoms with Gasteiger partial charge in [0.2, 0.25) is 0 Å². The third kappa shape index (κ3) is 3.77. The SMILES string of the molecule is COCC(C)Cn1c(SCC(=O)O)nc2c(C)cccc21. The van der Waals surface area contributed by atoms with Gasteiger partial charge in [-0.1, -0.05) is 30.8 Å². The number of carboxylic acids is 1. The molecule has 0 saturated carbocycles. The smallest absolute Gasteiger partial charge is 0.313 e. The molecule has 2 aromatic rings. The highest BCUT2D eigenvalue weighted by Crippen LogP contribution is 2.27. The van der Waals surface area contributed by atoms with Crippen molar-refractivity contribution in [1.82, 2.24) is 9.55 Å². The molecule has 0 aliphatic rings. The number of carbonyl (C=O) groups is 1. The first-order valence-corrected chi connectivity index (χ1v) is 7.81. The minimum Gasteiger partial charge on any atom is -0.481 e. The standard InChI is InChI=1S/C15H20N2O3S/c1-10(8-20-3)7-17-12-6-4-5-11(2)14(12)16-15(17)21-9-13(18)19/h4-6,10H,7-9H2,1-3H3,(H,18,19). The molecule has 0 amide bonds. The third-order valence-corrected chi connectivity index (χ3v) is 4.18. The Bertz CT molecular complexity index is 639. The van der Waals surface area contributed by atoms with Crippen LogP contribution in [0.15, 0.2) is 23.4 Å². The minimum atomic E-state index is -0.833. The van der Waals surface area contributed by atoms with Crippen LogP contribution in [-0.2, 0) is 16.1 Å². The number of rotatable bonds is 7. The van der Waals surface area contributed by atoms with Crippen LogP contribution >= 0.6 is 11.8 Å². The van der Waals surface area contributed by atoms with E-state index in [1.165, 1.54) is 11.8 Å². The largest absolute Gasteiger partial charge is 0.481 e. The van der Waals surface area contributed by atoms with Crippen molar-refractivity contribution in [3.63, 3.8) is 0 Å². The zero-order valence-electron chi connectivity index (χ0n) is 12.5. The quantitative estimate of drug-likeness (QED) is 0.797. The predicted octanol–water partition coefficient (Wildman–Crippen LogP) is 2.80. The Labute approximate surface area is 128 Å². The van der Waals surface area contributed by atoms with Crippen LogP contribution in [0.5, 0.6) is 0 Å². The van der Waals surface area contributed by atoms with E-state index < -0.39 is 5.97 Å². The fourth-order valence-corrected chi connectivity index (χ4v) is 3.06. The zero-order valence-corrected chi connectivity index (χ0v) is 13.3. The van der Waals surface area contributed by atoms with E-state index >= 15 is 0 Å². The molecule has 21 heavy (non-hydrogen) atoms. The Balaban J connectivity index is 2.39. The van der Waals surface area contributed by atoms with E-state index in [9.17, 15) is 4.79 Å². The molecule has 0 saturated heterocycles. The molecular weight excluding hydrogens is 288 g/mol. The van der Waals surface area contributed by atoms with Crippen LogP contribution in [0, 0.1) is 12.8 Å². The monoisotopic (exact) mass is 308 g/mol. The molecule has 0 fully saturated rings. The Hall–Kier alpha value is -1.53. The lowest BCUT2D eigenvalue weighted by molar-refractivity contribution is -0.133. The molecule has 1 heterocycles. The maximum absolute atomic E-state index is 10.8. The van der Waals surface area contributed by atoms with E-state index in [1.54, 1.807) is 7.11 Å². The number of ether oxygens (including phenoxy) is 1. The van der Waals surface area contributed by atoms with Crippen molar-refractivity contribution in [1.29, 1.82) is 0 Å². The molecule has 0 aliphatic carbocycles. The lowest BCUT2D eigenvalue weighted by Crippen LogP contribution is -2.13. The molecule has 0 spiro atoms. The van der Waals surface area contributed by atoms with Crippen LogP contribution in [0.25, 0.3) is 11.0 Å². The van der Waals surface area contributed by atoms with Crippen molar-refractivity contribution >= 4 is 28.8 Å². The van der Waals surface area contributed by atoms with E-state index in [4.69, 9.17) is 9.84 Å². The van der Waals surface area contributed by atoms with Crippen molar-refractivity contribution in [2.24, 2.45) is 5.92 Å². The number of thioether (sulfide) groups is 1. The topological polar surface area (TPSA) is 64.3 Å². The highest BCUT2D eigenvalue weighted by atomic mass is 32.2. The second-order valence-corrected chi connectivity index (χ2v) is 6.13. The fourth-order valence-electron chi connectivity index (χ4n) is 2.33. The zero-order chi connectivity index (χ0) is 15.4. The molecule has 1 unspecified atom stereocenters. The number of aryl methyl sites for hydroxylation is 1. The molecule has 0 radical (unpaired) electrons. The van der Waals surface area contributed by atoms with Crippen molar-refractivity contribution in [3.8, 4) is 0 Å². The first kappa shape index (κ1) is 15.9. The molecule has 0 bridgehead atoms. The van der Waals surface area contributed by atoms with Gasteiger partial charge in [0, 0.05) is 13.7 Å². The summed E-state index contributed by atoms with van der Waals surface area (Å²) >= 11 is 1.26. The summed E-state index contributed by atoms with van der Waals surface area (Å²) in [5.74, 6) is -0.488. The van der Waals surface area contributed by atoms with Crippen LogP contribution in [0.3, 0.4) is 0 Å². The average molecular weight is 308 g/mol. The van der Waals surface area contributed by atoms with E-state index in [0.717, 1.165) is 28.3 Å². The summed E-state index contributed by atoms with van der Waals surface area (Å²) in [6.45, 7) is 5.55. The van der Waals surface area contributed by atoms with Gasteiger partial charge in [-0.3, -0.25) is 4.79 Å². The minimum absolute atomic E-state index is 0.0149. The number of imidazole rings is 1. The molecule has 1 aromatic heterocycles. The van der Waals surface area contributed by atoms with Gasteiger partial charge in [0.15, 0.2) is 5.16 Å². The van der Waals surface area contributed by atoms with Gasteiger partial charge in [0.25, 0.3) is 0 Å². The van der Waals surface area contributed by atoms with Gasteiger partial charge >= 0.3 is 5.97 Å². The number of fused-ring (bicyclic) bond motifs is 1. The van der Waals surface area contributed by atoms with Crippen molar-refractivity contribution < 1.29 is 14.6 Å². The fraction of sp³-hybridized carbons (Fsp3) is 0.467. The summed E-state index contributed by atoms with van der Waals surface area (Å²) in [5, 5.41) is 9.64. The number of aromatic nitrogens is 2. The highest BCUT2D eigenvalue weighted by molar-refractivity contribution is 7.99. The molecule has 1 N–H and O–H groups in total. The van der Waals surface area contributed by atoms with Crippen molar-refractivity contribution in [3.05, 3.63) is 23.8 Å². The Morgan fingerprint density at radius 3 is 2.95 bits per heavy atom. The number of para-hydroxylation sites is 1. The highest BCUT2D eigenvalue weighted by Gasteiger charge is 2.16. The summed E-state index contributed by atoms with van der Waals surface area (Å²) in [4.78, 5) is 15.4. The van der Waals surface area contributed by atoms with Crippen molar-refractivity contribution in [2.75, 3.05) is 19.5 Å². The van der Waals surface area contributed by atoms with E-state index in [1.807, 2.05) is 25.1 Å². The summed E-state index contributed by atoms with van der Waals surface area (Å²) in [7, 11) is 1.69. The molecule has 1 atom stereocenters. The van der Waals surface area contributed by atoms with Gasteiger partial charge in [-0.15, -0.1) is 0 Å². The molecule has 6 heteroatoms. The van der Waals surface area contributed by atoms with Crippen LogP contribution in [-0.4, -0.2) is 40.1 Å². The van der Waals surface area contributed by atoms with E-state index in [-0.39, 0.29) is 5.75 Å². The number of hydrogen-bond donors (Lipinski definition) is 1.